The molecule has 1 unspecified atom stereocenters. The number of hydrogen-bond acceptors (Lipinski definition) is 4. The van der Waals surface area contributed by atoms with Gasteiger partial charge in [-0.05, 0) is 29.1 Å². The van der Waals surface area contributed by atoms with Crippen LogP contribution in [-0.4, -0.2) is 17.9 Å². The fraction of sp³-hybridized carbons (Fsp3) is 0.143. The van der Waals surface area contributed by atoms with Crippen molar-refractivity contribution in [1.29, 1.82) is 0 Å². The van der Waals surface area contributed by atoms with E-state index in [2.05, 4.69) is 5.32 Å². The summed E-state index contributed by atoms with van der Waals surface area (Å²) in [4.78, 5) is 25.5. The molecule has 3 rings (SSSR count). The molecule has 0 saturated carbocycles. The second kappa shape index (κ2) is 9.48. The van der Waals surface area contributed by atoms with E-state index in [9.17, 15) is 14.0 Å². The van der Waals surface area contributed by atoms with Crippen LogP contribution in [-0.2, 0) is 22.6 Å². The molecule has 1 amide bonds. The number of esters is 1. The van der Waals surface area contributed by atoms with Crippen LogP contribution >= 0.6 is 22.9 Å². The molecular formula is C21H17ClFNO3S. The Morgan fingerprint density at radius 3 is 2.54 bits per heavy atom. The number of benzene rings is 2. The smallest absolute Gasteiger partial charge is 0.329 e. The molecular weight excluding hydrogens is 401 g/mol. The topological polar surface area (TPSA) is 55.4 Å². The van der Waals surface area contributed by atoms with Crippen LogP contribution < -0.4 is 5.32 Å². The van der Waals surface area contributed by atoms with Gasteiger partial charge in [-0.15, -0.1) is 11.3 Å². The highest BCUT2D eigenvalue weighted by Gasteiger charge is 2.24. The highest BCUT2D eigenvalue weighted by atomic mass is 35.5. The summed E-state index contributed by atoms with van der Waals surface area (Å²) in [6.45, 7) is -0.315. The predicted molar refractivity (Wildman–Crippen MR) is 107 cm³/mol. The summed E-state index contributed by atoms with van der Waals surface area (Å²) in [7, 11) is 0. The summed E-state index contributed by atoms with van der Waals surface area (Å²) in [6, 6.07) is 16.0. The average Bonchev–Trinajstić information content (AvgIpc) is 3.22. The maximum atomic E-state index is 13.9. The minimum Gasteiger partial charge on any atom is -0.459 e. The molecule has 1 atom stereocenters. The van der Waals surface area contributed by atoms with E-state index in [-0.39, 0.29) is 29.5 Å². The second-order valence-electron chi connectivity index (χ2n) is 6.00. The molecule has 2 aromatic carbocycles. The summed E-state index contributed by atoms with van der Waals surface area (Å²) < 4.78 is 19.2. The van der Waals surface area contributed by atoms with Gasteiger partial charge in [0, 0.05) is 12.0 Å². The number of rotatable bonds is 7. The highest BCUT2D eigenvalue weighted by Crippen LogP contribution is 2.20. The van der Waals surface area contributed by atoms with Crippen molar-refractivity contribution in [1.82, 2.24) is 5.32 Å². The van der Waals surface area contributed by atoms with Crippen molar-refractivity contribution >= 4 is 34.8 Å². The SMILES string of the molecule is O=C(NC(Cc1ccccc1)C(=O)OCc1c(F)cccc1Cl)c1cccs1. The van der Waals surface area contributed by atoms with Crippen molar-refractivity contribution in [2.45, 2.75) is 19.1 Å². The molecule has 0 radical (unpaired) electrons. The van der Waals surface area contributed by atoms with Gasteiger partial charge in [-0.3, -0.25) is 4.79 Å². The number of ether oxygens (including phenoxy) is 1. The van der Waals surface area contributed by atoms with Gasteiger partial charge < -0.3 is 10.1 Å². The van der Waals surface area contributed by atoms with Crippen LogP contribution in [0.4, 0.5) is 4.39 Å². The summed E-state index contributed by atoms with van der Waals surface area (Å²) in [6.07, 6.45) is 0.252. The van der Waals surface area contributed by atoms with E-state index in [1.807, 2.05) is 30.3 Å². The molecule has 1 N–H and O–H groups in total. The predicted octanol–water partition coefficient (Wildman–Crippen LogP) is 4.63. The maximum absolute atomic E-state index is 13.9. The lowest BCUT2D eigenvalue weighted by Crippen LogP contribution is -2.43. The van der Waals surface area contributed by atoms with E-state index in [0.29, 0.717) is 4.88 Å². The third-order valence-corrected chi connectivity index (χ3v) is 5.26. The van der Waals surface area contributed by atoms with Crippen molar-refractivity contribution in [3.05, 3.63) is 92.9 Å². The quantitative estimate of drug-likeness (QED) is 0.570. The Morgan fingerprint density at radius 1 is 1.07 bits per heavy atom. The molecule has 0 saturated heterocycles. The molecule has 3 aromatic rings. The molecule has 0 fully saturated rings. The van der Waals surface area contributed by atoms with Gasteiger partial charge >= 0.3 is 5.97 Å². The molecule has 0 bridgehead atoms. The van der Waals surface area contributed by atoms with Crippen LogP contribution in [0, 0.1) is 5.82 Å². The number of halogens is 2. The van der Waals surface area contributed by atoms with Crippen molar-refractivity contribution < 1.29 is 18.7 Å². The Labute approximate surface area is 170 Å². The van der Waals surface area contributed by atoms with Gasteiger partial charge in [-0.2, -0.15) is 0 Å². The van der Waals surface area contributed by atoms with E-state index in [0.717, 1.165) is 5.56 Å². The zero-order valence-electron chi connectivity index (χ0n) is 14.7. The van der Waals surface area contributed by atoms with Crippen LogP contribution in [0.1, 0.15) is 20.8 Å². The fourth-order valence-electron chi connectivity index (χ4n) is 2.59. The molecule has 4 nitrogen and oxygen atoms in total. The van der Waals surface area contributed by atoms with Gasteiger partial charge in [0.2, 0.25) is 0 Å². The molecule has 1 heterocycles. The number of nitrogens with one attached hydrogen (secondary N) is 1. The third kappa shape index (κ3) is 5.18. The molecule has 0 spiro atoms. The van der Waals surface area contributed by atoms with Crippen LogP contribution in [0.2, 0.25) is 5.02 Å². The number of carbonyl (C=O) groups excluding carboxylic acids is 2. The average molecular weight is 418 g/mol. The summed E-state index contributed by atoms with van der Waals surface area (Å²) in [5.74, 6) is -1.58. The van der Waals surface area contributed by atoms with Gasteiger partial charge in [0.15, 0.2) is 0 Å². The minimum absolute atomic E-state index is 0.0977. The van der Waals surface area contributed by atoms with E-state index in [4.69, 9.17) is 16.3 Å². The van der Waals surface area contributed by atoms with Crippen LogP contribution in [0.5, 0.6) is 0 Å². The van der Waals surface area contributed by atoms with Crippen molar-refractivity contribution in [3.8, 4) is 0 Å². The Bertz CT molecular complexity index is 927. The lowest BCUT2D eigenvalue weighted by atomic mass is 10.1. The third-order valence-electron chi connectivity index (χ3n) is 4.04. The molecule has 144 valence electrons. The summed E-state index contributed by atoms with van der Waals surface area (Å²) in [5.41, 5.74) is 0.959. The van der Waals surface area contributed by atoms with Crippen LogP contribution in [0.25, 0.3) is 0 Å². The van der Waals surface area contributed by atoms with E-state index in [1.54, 1.807) is 17.5 Å². The van der Waals surface area contributed by atoms with Crippen LogP contribution in [0.15, 0.2) is 66.0 Å². The first-order valence-electron chi connectivity index (χ1n) is 8.52. The second-order valence-corrected chi connectivity index (χ2v) is 7.36. The molecule has 0 aliphatic heterocycles. The Morgan fingerprint density at radius 2 is 1.86 bits per heavy atom. The van der Waals surface area contributed by atoms with Gasteiger partial charge in [0.1, 0.15) is 18.5 Å². The van der Waals surface area contributed by atoms with Gasteiger partial charge in [-0.1, -0.05) is 54.1 Å². The van der Waals surface area contributed by atoms with Gasteiger partial charge in [-0.25, -0.2) is 9.18 Å². The number of hydrogen-bond donors (Lipinski definition) is 1. The lowest BCUT2D eigenvalue weighted by Gasteiger charge is -2.18. The Balaban J connectivity index is 1.73. The molecule has 1 aromatic heterocycles. The normalized spacial score (nSPS) is 11.6. The van der Waals surface area contributed by atoms with Gasteiger partial charge in [0.25, 0.3) is 5.91 Å². The molecule has 0 aliphatic carbocycles. The van der Waals surface area contributed by atoms with Gasteiger partial charge in [0.05, 0.1) is 9.90 Å². The standard InChI is InChI=1S/C21H17ClFNO3S/c22-16-8-4-9-17(23)15(16)13-27-21(26)18(12-14-6-2-1-3-7-14)24-20(25)19-10-5-11-28-19/h1-11,18H,12-13H2,(H,24,25). The van der Waals surface area contributed by atoms with E-state index >= 15 is 0 Å². The maximum Gasteiger partial charge on any atom is 0.329 e. The van der Waals surface area contributed by atoms with Crippen molar-refractivity contribution in [3.63, 3.8) is 0 Å². The first-order chi connectivity index (χ1) is 13.5. The number of carbonyl (C=O) groups is 2. The van der Waals surface area contributed by atoms with E-state index in [1.165, 1.54) is 29.5 Å². The number of thiophene rings is 1. The molecule has 7 heteroatoms. The molecule has 0 aliphatic rings. The summed E-state index contributed by atoms with van der Waals surface area (Å²) in [5, 5.41) is 4.66. The van der Waals surface area contributed by atoms with Crippen LogP contribution in [0.3, 0.4) is 0 Å². The highest BCUT2D eigenvalue weighted by molar-refractivity contribution is 7.12. The monoisotopic (exact) mass is 417 g/mol. The first-order valence-corrected chi connectivity index (χ1v) is 9.78. The number of amides is 1. The van der Waals surface area contributed by atoms with E-state index < -0.39 is 17.8 Å². The Kier molecular flexibility index (Phi) is 6.79. The zero-order chi connectivity index (χ0) is 19.9. The molecule has 28 heavy (non-hydrogen) atoms. The fourth-order valence-corrected chi connectivity index (χ4v) is 3.44. The van der Waals surface area contributed by atoms with Crippen molar-refractivity contribution in [2.24, 2.45) is 0 Å². The zero-order valence-corrected chi connectivity index (χ0v) is 16.3. The Hall–Kier alpha value is -2.70. The first kappa shape index (κ1) is 20.0. The minimum atomic E-state index is -0.914. The lowest BCUT2D eigenvalue weighted by molar-refractivity contribution is -0.147. The summed E-state index contributed by atoms with van der Waals surface area (Å²) >= 11 is 7.25. The van der Waals surface area contributed by atoms with Crippen molar-refractivity contribution in [2.75, 3.05) is 0 Å². The largest absolute Gasteiger partial charge is 0.459 e.